The van der Waals surface area contributed by atoms with E-state index in [0.29, 0.717) is 24.6 Å². The zero-order valence-corrected chi connectivity index (χ0v) is 19.0. The second kappa shape index (κ2) is 11.1. The Morgan fingerprint density at radius 1 is 1.22 bits per heavy atom. The number of hydrogen-bond donors (Lipinski definition) is 2. The number of carbonyl (C=O) groups is 1. The van der Waals surface area contributed by atoms with Gasteiger partial charge in [0, 0.05) is 31.0 Å². The summed E-state index contributed by atoms with van der Waals surface area (Å²) in [5.41, 5.74) is 4.44. The number of nitrogens with zero attached hydrogens (tertiary/aromatic N) is 3. The van der Waals surface area contributed by atoms with Crippen LogP contribution < -0.4 is 5.32 Å². The number of aliphatic carboxylic acids is 1. The predicted octanol–water partition coefficient (Wildman–Crippen LogP) is 4.53. The van der Waals surface area contributed by atoms with Gasteiger partial charge in [0.05, 0.1) is 6.42 Å². The van der Waals surface area contributed by atoms with Gasteiger partial charge in [-0.05, 0) is 49.8 Å². The first-order valence-electron chi connectivity index (χ1n) is 10.9. The molecule has 0 fully saturated rings. The minimum Gasteiger partial charge on any atom is -0.481 e. The fourth-order valence-electron chi connectivity index (χ4n) is 4.06. The van der Waals surface area contributed by atoms with Crippen LogP contribution >= 0.6 is 12.4 Å². The van der Waals surface area contributed by atoms with Crippen molar-refractivity contribution in [3.63, 3.8) is 0 Å². The van der Waals surface area contributed by atoms with E-state index in [1.807, 2.05) is 31.2 Å². The Morgan fingerprint density at radius 3 is 2.91 bits per heavy atom. The monoisotopic (exact) mass is 456 g/mol. The molecule has 2 N–H and O–H groups in total. The molecule has 3 aromatic rings. The molecule has 170 valence electrons. The van der Waals surface area contributed by atoms with Gasteiger partial charge in [-0.25, -0.2) is 4.98 Å². The summed E-state index contributed by atoms with van der Waals surface area (Å²) in [5.74, 6) is 1.13. The first-order valence-corrected chi connectivity index (χ1v) is 10.9. The van der Waals surface area contributed by atoms with Crippen molar-refractivity contribution in [3.05, 3.63) is 70.5 Å². The summed E-state index contributed by atoms with van der Waals surface area (Å²) in [4.78, 5) is 20.6. The van der Waals surface area contributed by atoms with Crippen LogP contribution in [0.15, 0.2) is 40.9 Å². The van der Waals surface area contributed by atoms with Crippen molar-refractivity contribution < 1.29 is 14.4 Å². The lowest BCUT2D eigenvalue weighted by atomic mass is 9.91. The van der Waals surface area contributed by atoms with Crippen molar-refractivity contribution >= 4 is 24.2 Å². The fourth-order valence-corrected chi connectivity index (χ4v) is 4.06. The highest BCUT2D eigenvalue weighted by Gasteiger charge is 2.20. The Bertz CT molecular complexity index is 1050. The average molecular weight is 457 g/mol. The summed E-state index contributed by atoms with van der Waals surface area (Å²) in [6, 6.07) is 12.2. The van der Waals surface area contributed by atoms with E-state index in [9.17, 15) is 9.90 Å². The van der Waals surface area contributed by atoms with Gasteiger partial charge >= 0.3 is 5.97 Å². The number of nitrogens with one attached hydrogen (secondary N) is 1. The zero-order valence-electron chi connectivity index (χ0n) is 18.2. The van der Waals surface area contributed by atoms with E-state index in [0.717, 1.165) is 54.9 Å². The fraction of sp³-hybridized carbons (Fsp3) is 0.417. The normalized spacial score (nSPS) is 13.5. The van der Waals surface area contributed by atoms with E-state index in [2.05, 4.69) is 27.6 Å². The molecule has 0 saturated heterocycles. The molecule has 0 saturated carbocycles. The number of benzene rings is 1. The molecule has 0 bridgehead atoms. The molecule has 7 nitrogen and oxygen atoms in total. The number of aryl methyl sites for hydroxylation is 4. The molecule has 4 rings (SSSR count). The number of carboxylic acids is 1. The molecule has 1 atom stereocenters. The minimum absolute atomic E-state index is 0. The molecule has 32 heavy (non-hydrogen) atoms. The maximum atomic E-state index is 11.4. The molecule has 8 heteroatoms. The lowest BCUT2D eigenvalue weighted by Crippen LogP contribution is -2.14. The lowest BCUT2D eigenvalue weighted by molar-refractivity contribution is -0.137. The van der Waals surface area contributed by atoms with E-state index in [4.69, 9.17) is 9.51 Å². The van der Waals surface area contributed by atoms with Gasteiger partial charge in [0.15, 0.2) is 5.82 Å². The van der Waals surface area contributed by atoms with Crippen LogP contribution in [0.5, 0.6) is 0 Å². The van der Waals surface area contributed by atoms with Crippen molar-refractivity contribution in [1.29, 1.82) is 0 Å². The van der Waals surface area contributed by atoms with Crippen LogP contribution in [0.25, 0.3) is 0 Å². The van der Waals surface area contributed by atoms with Crippen molar-refractivity contribution in [2.45, 2.75) is 57.8 Å². The molecular weight excluding hydrogens is 428 g/mol. The number of anilines is 1. The summed E-state index contributed by atoms with van der Waals surface area (Å²) in [7, 11) is 0. The van der Waals surface area contributed by atoms with E-state index in [1.54, 1.807) is 0 Å². The molecule has 3 heterocycles. The highest BCUT2D eigenvalue weighted by Crippen LogP contribution is 2.25. The predicted molar refractivity (Wildman–Crippen MR) is 124 cm³/mol. The van der Waals surface area contributed by atoms with Crippen LogP contribution in [0.2, 0.25) is 0 Å². The third kappa shape index (κ3) is 6.29. The maximum Gasteiger partial charge on any atom is 0.303 e. The van der Waals surface area contributed by atoms with Crippen molar-refractivity contribution in [1.82, 2.24) is 15.1 Å². The summed E-state index contributed by atoms with van der Waals surface area (Å²) >= 11 is 0. The van der Waals surface area contributed by atoms with Gasteiger partial charge in [-0.3, -0.25) is 4.79 Å². The van der Waals surface area contributed by atoms with Crippen molar-refractivity contribution in [2.75, 3.05) is 11.9 Å². The highest BCUT2D eigenvalue weighted by atomic mass is 35.5. The summed E-state index contributed by atoms with van der Waals surface area (Å²) in [6.07, 6.45) is 5.12. The van der Waals surface area contributed by atoms with Crippen LogP contribution in [-0.4, -0.2) is 32.7 Å². The number of aromatic nitrogens is 3. The second-order valence-corrected chi connectivity index (χ2v) is 8.21. The molecule has 0 amide bonds. The van der Waals surface area contributed by atoms with Gasteiger partial charge in [-0.15, -0.1) is 12.4 Å². The molecule has 0 aliphatic carbocycles. The van der Waals surface area contributed by atoms with Crippen LogP contribution in [-0.2, 0) is 30.5 Å². The SMILES string of the molecule is Cc1cccc(C(CC(=O)O)Cc2nc(CCCc3ccc4c(n3)NCCC4)no2)c1.Cl. The molecule has 1 aromatic carbocycles. The first-order chi connectivity index (χ1) is 15.1. The Labute approximate surface area is 194 Å². The zero-order chi connectivity index (χ0) is 21.6. The molecular formula is C24H29ClN4O3. The van der Waals surface area contributed by atoms with Crippen LogP contribution in [0.1, 0.15) is 59.3 Å². The summed E-state index contributed by atoms with van der Waals surface area (Å²) in [5, 5.41) is 16.8. The second-order valence-electron chi connectivity index (χ2n) is 8.21. The molecule has 0 radical (unpaired) electrons. The number of carboxylic acid groups (broad SMARTS) is 1. The Kier molecular flexibility index (Phi) is 8.22. The van der Waals surface area contributed by atoms with Gasteiger partial charge in [-0.2, -0.15) is 4.98 Å². The third-order valence-corrected chi connectivity index (χ3v) is 5.65. The van der Waals surface area contributed by atoms with E-state index in [1.165, 1.54) is 5.56 Å². The van der Waals surface area contributed by atoms with Gasteiger partial charge in [-0.1, -0.05) is 41.1 Å². The molecule has 1 aliphatic heterocycles. The van der Waals surface area contributed by atoms with Gasteiger partial charge in [0.25, 0.3) is 0 Å². The van der Waals surface area contributed by atoms with Crippen molar-refractivity contribution in [2.24, 2.45) is 0 Å². The number of halogens is 1. The van der Waals surface area contributed by atoms with Crippen molar-refractivity contribution in [3.8, 4) is 0 Å². The largest absolute Gasteiger partial charge is 0.481 e. The smallest absolute Gasteiger partial charge is 0.303 e. The molecule has 0 spiro atoms. The Hall–Kier alpha value is -2.93. The van der Waals surface area contributed by atoms with Crippen LogP contribution in [0.3, 0.4) is 0 Å². The Morgan fingerprint density at radius 2 is 2.09 bits per heavy atom. The topological polar surface area (TPSA) is 101 Å². The standard InChI is InChI=1S/C24H28N4O3.ClH/c1-16-5-2-6-18(13-16)19(15-23(29)30)14-22-27-21(28-31-22)9-3-8-20-11-10-17-7-4-12-25-24(17)26-20;/h2,5-6,10-11,13,19H,3-4,7-9,12,14-15H2,1H3,(H,25,26)(H,29,30);1H. The Balaban J connectivity index is 0.00000289. The van der Waals surface area contributed by atoms with Crippen LogP contribution in [0, 0.1) is 6.92 Å². The number of hydrogen-bond acceptors (Lipinski definition) is 6. The first kappa shape index (κ1) is 23.7. The van der Waals surface area contributed by atoms with E-state index in [-0.39, 0.29) is 24.7 Å². The van der Waals surface area contributed by atoms with E-state index >= 15 is 0 Å². The van der Waals surface area contributed by atoms with Gasteiger partial charge in [0.1, 0.15) is 5.82 Å². The summed E-state index contributed by atoms with van der Waals surface area (Å²) < 4.78 is 5.43. The van der Waals surface area contributed by atoms with E-state index < -0.39 is 5.97 Å². The summed E-state index contributed by atoms with van der Waals surface area (Å²) in [6.45, 7) is 2.99. The highest BCUT2D eigenvalue weighted by molar-refractivity contribution is 5.85. The van der Waals surface area contributed by atoms with Gasteiger partial charge < -0.3 is 14.9 Å². The van der Waals surface area contributed by atoms with Gasteiger partial charge in [0.2, 0.25) is 5.89 Å². The maximum absolute atomic E-state index is 11.4. The minimum atomic E-state index is -0.835. The molecule has 1 aliphatic rings. The van der Waals surface area contributed by atoms with Crippen LogP contribution in [0.4, 0.5) is 5.82 Å². The number of fused-ring (bicyclic) bond motifs is 1. The third-order valence-electron chi connectivity index (χ3n) is 5.65. The molecule has 2 aromatic heterocycles. The molecule has 1 unspecified atom stereocenters. The lowest BCUT2D eigenvalue weighted by Gasteiger charge is -2.17. The number of pyridine rings is 1. The number of rotatable bonds is 9. The quantitative estimate of drug-likeness (QED) is 0.487. The average Bonchev–Trinajstić information content (AvgIpc) is 3.20.